The van der Waals surface area contributed by atoms with Gasteiger partial charge in [-0.2, -0.15) is 0 Å². The molecule has 0 aliphatic carbocycles. The first-order valence-corrected chi connectivity index (χ1v) is 6.88. The van der Waals surface area contributed by atoms with E-state index < -0.39 is 12.0 Å². The molecular formula is C11H20N2O3S. The summed E-state index contributed by atoms with van der Waals surface area (Å²) in [5, 5.41) is 12.6. The van der Waals surface area contributed by atoms with Crippen LogP contribution in [0, 0.1) is 0 Å². The van der Waals surface area contributed by atoms with Crippen molar-refractivity contribution in [3.8, 4) is 0 Å². The van der Waals surface area contributed by atoms with Gasteiger partial charge in [0.25, 0.3) is 0 Å². The topological polar surface area (TPSA) is 69.6 Å². The second kappa shape index (κ2) is 6.86. The molecule has 1 fully saturated rings. The lowest BCUT2D eigenvalue weighted by Crippen LogP contribution is -2.41. The Hall–Kier alpha value is -0.750. The smallest absolute Gasteiger partial charge is 0.326 e. The molecule has 1 aliphatic rings. The van der Waals surface area contributed by atoms with Gasteiger partial charge in [0.1, 0.15) is 6.04 Å². The van der Waals surface area contributed by atoms with Crippen molar-refractivity contribution in [3.05, 3.63) is 0 Å². The van der Waals surface area contributed by atoms with Gasteiger partial charge in [-0.25, -0.2) is 4.79 Å². The number of nitrogens with one attached hydrogen (secondary N) is 1. The first-order chi connectivity index (χ1) is 8.02. The minimum Gasteiger partial charge on any atom is -0.480 e. The maximum Gasteiger partial charge on any atom is 0.326 e. The van der Waals surface area contributed by atoms with E-state index in [1.807, 2.05) is 0 Å². The molecule has 0 aromatic carbocycles. The summed E-state index contributed by atoms with van der Waals surface area (Å²) in [6.45, 7) is 3.54. The van der Waals surface area contributed by atoms with Crippen molar-refractivity contribution in [2.75, 3.05) is 25.9 Å². The summed E-state index contributed by atoms with van der Waals surface area (Å²) < 4.78 is 0. The number of carbonyl (C=O) groups excluding carboxylic acids is 1. The molecule has 1 saturated heterocycles. The van der Waals surface area contributed by atoms with Crippen LogP contribution in [0.4, 0.5) is 0 Å². The zero-order chi connectivity index (χ0) is 12.8. The first kappa shape index (κ1) is 14.3. The predicted molar refractivity (Wildman–Crippen MR) is 68.2 cm³/mol. The highest BCUT2D eigenvalue weighted by atomic mass is 32.2. The third-order valence-electron chi connectivity index (χ3n) is 3.06. The Balaban J connectivity index is 2.30. The third kappa shape index (κ3) is 4.55. The summed E-state index contributed by atoms with van der Waals surface area (Å²) >= 11 is 1.64. The van der Waals surface area contributed by atoms with Gasteiger partial charge in [-0.3, -0.25) is 4.79 Å². The van der Waals surface area contributed by atoms with Crippen LogP contribution in [0.25, 0.3) is 0 Å². The molecule has 1 rings (SSSR count). The van der Waals surface area contributed by atoms with E-state index >= 15 is 0 Å². The summed E-state index contributed by atoms with van der Waals surface area (Å²) in [5.41, 5.74) is 0. The fourth-order valence-electron chi connectivity index (χ4n) is 1.63. The van der Waals surface area contributed by atoms with Crippen LogP contribution in [0.5, 0.6) is 0 Å². The molecular weight excluding hydrogens is 240 g/mol. The Morgan fingerprint density at radius 2 is 2.06 bits per heavy atom. The number of aliphatic carboxylic acids is 1. The normalized spacial score (nSPS) is 18.7. The van der Waals surface area contributed by atoms with Crippen molar-refractivity contribution in [3.63, 3.8) is 0 Å². The minimum absolute atomic E-state index is 0.108. The van der Waals surface area contributed by atoms with Crippen LogP contribution in [0.3, 0.4) is 0 Å². The standard InChI is InChI=1S/C11H20N2O3S/c1-8(11(15)16)13(2)10(14)7-17-9-3-5-12-6-4-9/h8-9,12H,3-7H2,1-2H3,(H,15,16). The van der Waals surface area contributed by atoms with Crippen molar-refractivity contribution in [1.82, 2.24) is 10.2 Å². The number of nitrogens with zero attached hydrogens (tertiary/aromatic N) is 1. The van der Waals surface area contributed by atoms with Crippen molar-refractivity contribution < 1.29 is 14.7 Å². The van der Waals surface area contributed by atoms with E-state index in [0.29, 0.717) is 11.0 Å². The summed E-state index contributed by atoms with van der Waals surface area (Å²) in [6.07, 6.45) is 2.16. The zero-order valence-electron chi connectivity index (χ0n) is 10.3. The number of rotatable bonds is 5. The van der Waals surface area contributed by atoms with Crippen molar-refractivity contribution in [2.45, 2.75) is 31.1 Å². The third-order valence-corrected chi connectivity index (χ3v) is 4.42. The second-order valence-corrected chi connectivity index (χ2v) is 5.57. The van der Waals surface area contributed by atoms with Gasteiger partial charge in [-0.15, -0.1) is 11.8 Å². The Morgan fingerprint density at radius 1 is 1.47 bits per heavy atom. The van der Waals surface area contributed by atoms with E-state index in [1.165, 1.54) is 11.8 Å². The first-order valence-electron chi connectivity index (χ1n) is 5.83. The van der Waals surface area contributed by atoms with E-state index in [4.69, 9.17) is 5.11 Å². The van der Waals surface area contributed by atoms with Crippen LogP contribution < -0.4 is 5.32 Å². The van der Waals surface area contributed by atoms with Crippen molar-refractivity contribution >= 4 is 23.6 Å². The number of carboxylic acid groups (broad SMARTS) is 1. The second-order valence-electron chi connectivity index (χ2n) is 4.28. The molecule has 98 valence electrons. The molecule has 6 heteroatoms. The average Bonchev–Trinajstić information content (AvgIpc) is 2.35. The maximum atomic E-state index is 11.8. The van der Waals surface area contributed by atoms with E-state index in [2.05, 4.69) is 5.32 Å². The fourth-order valence-corrected chi connectivity index (χ4v) is 2.79. The van der Waals surface area contributed by atoms with E-state index in [0.717, 1.165) is 25.9 Å². The molecule has 5 nitrogen and oxygen atoms in total. The monoisotopic (exact) mass is 260 g/mol. The van der Waals surface area contributed by atoms with Crippen molar-refractivity contribution in [1.29, 1.82) is 0 Å². The summed E-state index contributed by atoms with van der Waals surface area (Å²) in [7, 11) is 1.55. The highest BCUT2D eigenvalue weighted by Gasteiger charge is 2.22. The lowest BCUT2D eigenvalue weighted by Gasteiger charge is -2.24. The Bertz CT molecular complexity index is 280. The van der Waals surface area contributed by atoms with Crippen LogP contribution in [0.1, 0.15) is 19.8 Å². The highest BCUT2D eigenvalue weighted by molar-refractivity contribution is 8.00. The molecule has 0 saturated carbocycles. The zero-order valence-corrected chi connectivity index (χ0v) is 11.1. The lowest BCUT2D eigenvalue weighted by atomic mass is 10.2. The van der Waals surface area contributed by atoms with Crippen LogP contribution in [0.2, 0.25) is 0 Å². The number of hydrogen-bond acceptors (Lipinski definition) is 4. The number of thioether (sulfide) groups is 1. The predicted octanol–water partition coefficient (Wildman–Crippen LogP) is 0.403. The van der Waals surface area contributed by atoms with Crippen LogP contribution in [-0.2, 0) is 9.59 Å². The molecule has 0 radical (unpaired) electrons. The molecule has 0 aromatic heterocycles. The number of carboxylic acids is 1. The van der Waals surface area contributed by atoms with Gasteiger partial charge in [0, 0.05) is 12.3 Å². The van der Waals surface area contributed by atoms with E-state index in [-0.39, 0.29) is 5.91 Å². The molecule has 1 unspecified atom stereocenters. The molecule has 0 aromatic rings. The number of amides is 1. The minimum atomic E-state index is -0.965. The summed E-state index contributed by atoms with van der Waals surface area (Å²) in [6, 6.07) is -0.754. The van der Waals surface area contributed by atoms with Gasteiger partial charge in [-0.05, 0) is 32.9 Å². The van der Waals surface area contributed by atoms with E-state index in [9.17, 15) is 9.59 Å². The SMILES string of the molecule is CC(C(=O)O)N(C)C(=O)CSC1CCNCC1. The molecule has 1 heterocycles. The van der Waals surface area contributed by atoms with Crippen molar-refractivity contribution in [2.24, 2.45) is 0 Å². The number of carbonyl (C=O) groups is 2. The molecule has 1 amide bonds. The average molecular weight is 260 g/mol. The quantitative estimate of drug-likeness (QED) is 0.749. The fraction of sp³-hybridized carbons (Fsp3) is 0.818. The van der Waals surface area contributed by atoms with Gasteiger partial charge in [0.2, 0.25) is 5.91 Å². The largest absolute Gasteiger partial charge is 0.480 e. The molecule has 17 heavy (non-hydrogen) atoms. The van der Waals surface area contributed by atoms with Crippen LogP contribution in [0.15, 0.2) is 0 Å². The molecule has 0 spiro atoms. The van der Waals surface area contributed by atoms with Gasteiger partial charge >= 0.3 is 5.97 Å². The Kier molecular flexibility index (Phi) is 5.77. The summed E-state index contributed by atoms with van der Waals surface area (Å²) in [4.78, 5) is 23.8. The number of piperidine rings is 1. The Labute approximate surface area is 106 Å². The summed E-state index contributed by atoms with van der Waals surface area (Å²) in [5.74, 6) is -0.699. The molecule has 0 bridgehead atoms. The van der Waals surface area contributed by atoms with Crippen LogP contribution >= 0.6 is 11.8 Å². The van der Waals surface area contributed by atoms with Gasteiger partial charge in [0.05, 0.1) is 5.75 Å². The lowest BCUT2D eigenvalue weighted by molar-refractivity contribution is -0.147. The molecule has 1 atom stereocenters. The van der Waals surface area contributed by atoms with Gasteiger partial charge < -0.3 is 15.3 Å². The van der Waals surface area contributed by atoms with Gasteiger partial charge in [-0.1, -0.05) is 0 Å². The van der Waals surface area contributed by atoms with E-state index in [1.54, 1.807) is 18.8 Å². The molecule has 2 N–H and O–H groups in total. The maximum absolute atomic E-state index is 11.8. The number of likely N-dealkylation sites (N-methyl/N-ethyl adjacent to an activating group) is 1. The number of hydrogen-bond donors (Lipinski definition) is 2. The Morgan fingerprint density at radius 3 is 2.59 bits per heavy atom. The van der Waals surface area contributed by atoms with Crippen LogP contribution in [-0.4, -0.2) is 59.1 Å². The molecule has 1 aliphatic heterocycles. The van der Waals surface area contributed by atoms with Gasteiger partial charge in [0.15, 0.2) is 0 Å². The highest BCUT2D eigenvalue weighted by Crippen LogP contribution is 2.20.